The van der Waals surface area contributed by atoms with Gasteiger partial charge in [-0.05, 0) is 50.5 Å². The van der Waals surface area contributed by atoms with Crippen LogP contribution in [0.15, 0.2) is 42.6 Å². The van der Waals surface area contributed by atoms with Crippen LogP contribution in [0.1, 0.15) is 47.1 Å². The van der Waals surface area contributed by atoms with Crippen molar-refractivity contribution in [3.8, 4) is 11.6 Å². The summed E-state index contributed by atoms with van der Waals surface area (Å²) < 4.78 is 7.60. The van der Waals surface area contributed by atoms with E-state index in [1.807, 2.05) is 23.1 Å². The third-order valence-corrected chi connectivity index (χ3v) is 6.10. The standard InChI is InChI=1S/C22H22Cl2N4O2/c1-14-19(22(27(2)26-14)30-18-11-7-8-15(23)20(18)24)21(29)28-13-6-4-10-17(28)16-9-3-5-12-25-16/h3,5,7-9,11-12,17H,4,6,10,13H2,1-2H3. The molecule has 4 rings (SSSR count). The van der Waals surface area contributed by atoms with Crippen molar-refractivity contribution in [2.24, 2.45) is 7.05 Å². The largest absolute Gasteiger partial charge is 0.437 e. The maximum absolute atomic E-state index is 13.7. The average molecular weight is 445 g/mol. The van der Waals surface area contributed by atoms with Crippen LogP contribution in [0, 0.1) is 6.92 Å². The Morgan fingerprint density at radius 1 is 1.17 bits per heavy atom. The quantitative estimate of drug-likeness (QED) is 0.525. The highest BCUT2D eigenvalue weighted by atomic mass is 35.5. The van der Waals surface area contributed by atoms with Crippen LogP contribution in [0.3, 0.4) is 0 Å². The molecule has 2 aromatic heterocycles. The van der Waals surface area contributed by atoms with E-state index in [2.05, 4.69) is 10.1 Å². The van der Waals surface area contributed by atoms with Gasteiger partial charge in [0.2, 0.25) is 5.88 Å². The number of halogens is 2. The molecule has 0 N–H and O–H groups in total. The van der Waals surface area contributed by atoms with Crippen molar-refractivity contribution in [2.45, 2.75) is 32.2 Å². The van der Waals surface area contributed by atoms with Crippen LogP contribution in [0.5, 0.6) is 11.6 Å². The van der Waals surface area contributed by atoms with Crippen LogP contribution in [0.4, 0.5) is 0 Å². The predicted molar refractivity (Wildman–Crippen MR) is 116 cm³/mol. The molecule has 8 heteroatoms. The number of amides is 1. The second-order valence-corrected chi connectivity index (χ2v) is 8.09. The lowest BCUT2D eigenvalue weighted by atomic mass is 9.97. The Bertz CT molecular complexity index is 1070. The third-order valence-electron chi connectivity index (χ3n) is 5.30. The van der Waals surface area contributed by atoms with Crippen molar-refractivity contribution in [1.82, 2.24) is 19.7 Å². The molecule has 1 saturated heterocycles. The first kappa shape index (κ1) is 20.7. The average Bonchev–Trinajstić information content (AvgIpc) is 3.04. The summed E-state index contributed by atoms with van der Waals surface area (Å²) in [6, 6.07) is 10.9. The maximum Gasteiger partial charge on any atom is 0.261 e. The van der Waals surface area contributed by atoms with Crippen LogP contribution in [-0.2, 0) is 7.05 Å². The first-order valence-corrected chi connectivity index (χ1v) is 10.6. The molecule has 0 aliphatic carbocycles. The van der Waals surface area contributed by atoms with Crippen molar-refractivity contribution in [3.63, 3.8) is 0 Å². The highest BCUT2D eigenvalue weighted by Gasteiger charge is 2.34. The molecule has 30 heavy (non-hydrogen) atoms. The fourth-order valence-corrected chi connectivity index (χ4v) is 4.20. The number of likely N-dealkylation sites (tertiary alicyclic amines) is 1. The number of aryl methyl sites for hydroxylation is 2. The van der Waals surface area contributed by atoms with Gasteiger partial charge in [0.15, 0.2) is 0 Å². The van der Waals surface area contributed by atoms with Crippen molar-refractivity contribution < 1.29 is 9.53 Å². The molecule has 1 aromatic carbocycles. The van der Waals surface area contributed by atoms with Crippen LogP contribution in [0.2, 0.25) is 10.0 Å². The lowest BCUT2D eigenvalue weighted by Crippen LogP contribution is -2.39. The van der Waals surface area contributed by atoms with Gasteiger partial charge >= 0.3 is 0 Å². The van der Waals surface area contributed by atoms with Crippen LogP contribution in [0.25, 0.3) is 0 Å². The van der Waals surface area contributed by atoms with E-state index in [9.17, 15) is 4.79 Å². The van der Waals surface area contributed by atoms with Crippen LogP contribution in [-0.4, -0.2) is 32.1 Å². The van der Waals surface area contributed by atoms with E-state index < -0.39 is 0 Å². The molecule has 1 aliphatic rings. The molecule has 6 nitrogen and oxygen atoms in total. The summed E-state index contributed by atoms with van der Waals surface area (Å²) in [6.07, 6.45) is 4.64. The number of pyridine rings is 1. The third kappa shape index (κ3) is 3.89. The van der Waals surface area contributed by atoms with Crippen molar-refractivity contribution in [3.05, 3.63) is 69.6 Å². The summed E-state index contributed by atoms with van der Waals surface area (Å²) in [5.74, 6) is 0.595. The molecular formula is C22H22Cl2N4O2. The molecule has 1 atom stereocenters. The Hall–Kier alpha value is -2.57. The SMILES string of the molecule is Cc1nn(C)c(Oc2cccc(Cl)c2Cl)c1C(=O)N1CCCCC1c1ccccn1. The zero-order chi connectivity index (χ0) is 21.3. The summed E-state index contributed by atoms with van der Waals surface area (Å²) in [7, 11) is 1.74. The zero-order valence-corrected chi connectivity index (χ0v) is 18.3. The number of aromatic nitrogens is 3. The number of carbonyl (C=O) groups is 1. The lowest BCUT2D eigenvalue weighted by molar-refractivity contribution is 0.0602. The van der Waals surface area contributed by atoms with Crippen molar-refractivity contribution >= 4 is 29.1 Å². The predicted octanol–water partition coefficient (Wildman–Crippen LogP) is 5.59. The molecule has 1 aliphatic heterocycles. The van der Waals surface area contributed by atoms with Gasteiger partial charge < -0.3 is 9.64 Å². The number of piperidine rings is 1. The molecule has 156 valence electrons. The maximum atomic E-state index is 13.7. The van der Waals surface area contributed by atoms with Gasteiger partial charge in [0.05, 0.1) is 22.5 Å². The Kier molecular flexibility index (Phi) is 5.97. The normalized spacial score (nSPS) is 16.5. The summed E-state index contributed by atoms with van der Waals surface area (Å²) in [4.78, 5) is 20.1. The second kappa shape index (κ2) is 8.66. The van der Waals surface area contributed by atoms with E-state index in [1.165, 1.54) is 0 Å². The number of ether oxygens (including phenoxy) is 1. The Balaban J connectivity index is 1.71. The van der Waals surface area contributed by atoms with Gasteiger partial charge in [0.25, 0.3) is 5.91 Å². The fourth-order valence-electron chi connectivity index (χ4n) is 3.87. The van der Waals surface area contributed by atoms with Gasteiger partial charge in [0.1, 0.15) is 16.3 Å². The van der Waals surface area contributed by atoms with Gasteiger partial charge in [-0.3, -0.25) is 9.78 Å². The van der Waals surface area contributed by atoms with E-state index in [-0.39, 0.29) is 11.9 Å². The van der Waals surface area contributed by atoms with Gasteiger partial charge in [-0.15, -0.1) is 0 Å². The number of hydrogen-bond donors (Lipinski definition) is 0. The monoisotopic (exact) mass is 444 g/mol. The molecule has 3 heterocycles. The molecular weight excluding hydrogens is 423 g/mol. The summed E-state index contributed by atoms with van der Waals surface area (Å²) >= 11 is 12.4. The Morgan fingerprint density at radius 3 is 2.77 bits per heavy atom. The minimum atomic E-state index is -0.121. The van der Waals surface area contributed by atoms with E-state index in [0.717, 1.165) is 25.0 Å². The summed E-state index contributed by atoms with van der Waals surface area (Å²) in [5, 5.41) is 5.10. The van der Waals surface area contributed by atoms with Gasteiger partial charge in [-0.25, -0.2) is 4.68 Å². The molecule has 0 spiro atoms. The number of benzene rings is 1. The summed E-state index contributed by atoms with van der Waals surface area (Å²) in [5.41, 5.74) is 1.92. The number of nitrogens with zero attached hydrogens (tertiary/aromatic N) is 4. The molecule has 1 amide bonds. The minimum Gasteiger partial charge on any atom is -0.437 e. The molecule has 0 radical (unpaired) electrons. The molecule has 1 fully saturated rings. The van der Waals surface area contributed by atoms with E-state index in [4.69, 9.17) is 27.9 Å². The highest BCUT2D eigenvalue weighted by molar-refractivity contribution is 6.42. The number of hydrogen-bond acceptors (Lipinski definition) is 4. The fraction of sp³-hybridized carbons (Fsp3) is 0.318. The van der Waals surface area contributed by atoms with E-state index in [1.54, 1.807) is 43.0 Å². The first-order chi connectivity index (χ1) is 14.5. The van der Waals surface area contributed by atoms with E-state index in [0.29, 0.717) is 39.5 Å². The molecule has 1 unspecified atom stereocenters. The Morgan fingerprint density at radius 2 is 2.00 bits per heavy atom. The van der Waals surface area contributed by atoms with Gasteiger partial charge in [-0.1, -0.05) is 35.3 Å². The van der Waals surface area contributed by atoms with Crippen molar-refractivity contribution in [2.75, 3.05) is 6.54 Å². The molecule has 0 bridgehead atoms. The smallest absolute Gasteiger partial charge is 0.261 e. The topological polar surface area (TPSA) is 60.3 Å². The van der Waals surface area contributed by atoms with Gasteiger partial charge in [0, 0.05) is 19.8 Å². The van der Waals surface area contributed by atoms with Gasteiger partial charge in [-0.2, -0.15) is 5.10 Å². The first-order valence-electron chi connectivity index (χ1n) is 9.84. The van der Waals surface area contributed by atoms with Crippen molar-refractivity contribution in [1.29, 1.82) is 0 Å². The zero-order valence-electron chi connectivity index (χ0n) is 16.8. The highest BCUT2D eigenvalue weighted by Crippen LogP contribution is 2.38. The summed E-state index contributed by atoms with van der Waals surface area (Å²) in [6.45, 7) is 2.46. The van der Waals surface area contributed by atoms with Crippen LogP contribution < -0.4 is 4.74 Å². The van der Waals surface area contributed by atoms with Crippen LogP contribution >= 0.6 is 23.2 Å². The lowest BCUT2D eigenvalue weighted by Gasteiger charge is -2.35. The minimum absolute atomic E-state index is 0.0744. The number of carbonyl (C=O) groups excluding carboxylic acids is 1. The molecule has 3 aromatic rings. The van der Waals surface area contributed by atoms with E-state index >= 15 is 0 Å². The Labute approximate surface area is 185 Å². The molecule has 0 saturated carbocycles. The second-order valence-electron chi connectivity index (χ2n) is 7.31. The number of rotatable bonds is 4.